The lowest BCUT2D eigenvalue weighted by molar-refractivity contribution is -0.124. The molecule has 1 aliphatic heterocycles. The highest BCUT2D eigenvalue weighted by Crippen LogP contribution is 2.20. The Morgan fingerprint density at radius 1 is 1.53 bits per heavy atom. The number of hydrogen-bond donors (Lipinski definition) is 2. The van der Waals surface area contributed by atoms with E-state index in [0.29, 0.717) is 5.92 Å². The molecule has 1 rings (SSSR count). The lowest BCUT2D eigenvalue weighted by Gasteiger charge is -2.32. The van der Waals surface area contributed by atoms with Crippen molar-refractivity contribution in [1.29, 1.82) is 0 Å². The molecule has 0 saturated carbocycles. The monoisotopic (exact) mass is 310 g/mol. The predicted molar refractivity (Wildman–Crippen MR) is 84.0 cm³/mol. The van der Waals surface area contributed by atoms with E-state index in [0.717, 1.165) is 31.6 Å². The van der Waals surface area contributed by atoms with E-state index in [4.69, 9.17) is 10.5 Å². The molecule has 1 fully saturated rings. The molecule has 0 aromatic carbocycles. The van der Waals surface area contributed by atoms with E-state index < -0.39 is 0 Å². The van der Waals surface area contributed by atoms with Crippen LogP contribution in [0.1, 0.15) is 33.1 Å². The molecular weight excluding hydrogens is 284 g/mol. The van der Waals surface area contributed by atoms with E-state index in [1.165, 1.54) is 0 Å². The highest BCUT2D eigenvalue weighted by Gasteiger charge is 2.27. The van der Waals surface area contributed by atoms with Crippen LogP contribution in [-0.4, -0.2) is 42.7 Å². The minimum Gasteiger partial charge on any atom is -0.378 e. The van der Waals surface area contributed by atoms with Crippen molar-refractivity contribution in [1.82, 2.24) is 5.32 Å². The van der Waals surface area contributed by atoms with Crippen molar-refractivity contribution in [3.63, 3.8) is 0 Å². The van der Waals surface area contributed by atoms with E-state index in [9.17, 15) is 4.79 Å². The molecule has 0 aromatic heterocycles. The number of nitrogens with one attached hydrogen (secondary N) is 1. The highest BCUT2D eigenvalue weighted by atomic mass is 35.5. The third-order valence-corrected chi connectivity index (χ3v) is 4.02. The van der Waals surface area contributed by atoms with E-state index >= 15 is 0 Å². The molecule has 1 saturated heterocycles. The second-order valence-corrected chi connectivity index (χ2v) is 6.26. The Morgan fingerprint density at radius 2 is 2.21 bits per heavy atom. The maximum atomic E-state index is 11.9. The number of carbonyl (C=O) groups is 1. The molecule has 1 heterocycles. The molecular formula is C13H27ClN2O2S. The maximum absolute atomic E-state index is 11.9. The summed E-state index contributed by atoms with van der Waals surface area (Å²) in [6.45, 7) is 5.03. The van der Waals surface area contributed by atoms with Gasteiger partial charge in [0.05, 0.1) is 12.1 Å². The van der Waals surface area contributed by atoms with Crippen LogP contribution < -0.4 is 11.1 Å². The molecule has 4 nitrogen and oxygen atoms in total. The average Bonchev–Trinajstić information content (AvgIpc) is 2.36. The summed E-state index contributed by atoms with van der Waals surface area (Å²) < 4.78 is 5.69. The number of rotatable bonds is 6. The van der Waals surface area contributed by atoms with Crippen LogP contribution in [0, 0.1) is 5.92 Å². The Labute approximate surface area is 127 Å². The van der Waals surface area contributed by atoms with E-state index in [1.807, 2.05) is 6.26 Å². The SMILES string of the molecule is CSCCC(N)C(=O)NC1CCOC(C(C)C)C1.Cl. The van der Waals surface area contributed by atoms with Crippen LogP contribution in [0.4, 0.5) is 0 Å². The Morgan fingerprint density at radius 3 is 2.79 bits per heavy atom. The van der Waals surface area contributed by atoms with E-state index in [1.54, 1.807) is 11.8 Å². The van der Waals surface area contributed by atoms with Gasteiger partial charge in [0.25, 0.3) is 0 Å². The molecule has 1 amide bonds. The molecule has 19 heavy (non-hydrogen) atoms. The number of halogens is 1. The van der Waals surface area contributed by atoms with E-state index in [2.05, 4.69) is 19.2 Å². The van der Waals surface area contributed by atoms with Gasteiger partial charge in [0.15, 0.2) is 0 Å². The largest absolute Gasteiger partial charge is 0.378 e. The van der Waals surface area contributed by atoms with Crippen molar-refractivity contribution in [2.75, 3.05) is 18.6 Å². The zero-order chi connectivity index (χ0) is 13.5. The third kappa shape index (κ3) is 6.84. The molecule has 0 bridgehead atoms. The Balaban J connectivity index is 0.00000324. The van der Waals surface area contributed by atoms with Crippen molar-refractivity contribution in [2.24, 2.45) is 11.7 Å². The molecule has 0 aromatic rings. The van der Waals surface area contributed by atoms with Crippen LogP contribution in [0.5, 0.6) is 0 Å². The van der Waals surface area contributed by atoms with Gasteiger partial charge in [-0.05, 0) is 37.2 Å². The van der Waals surface area contributed by atoms with E-state index in [-0.39, 0.29) is 36.5 Å². The molecule has 0 radical (unpaired) electrons. The summed E-state index contributed by atoms with van der Waals surface area (Å²) in [5.74, 6) is 1.41. The first kappa shape index (κ1) is 19.0. The van der Waals surface area contributed by atoms with Crippen LogP contribution in [0.3, 0.4) is 0 Å². The number of thioether (sulfide) groups is 1. The fraction of sp³-hybridized carbons (Fsp3) is 0.923. The molecule has 114 valence electrons. The molecule has 1 aliphatic rings. The zero-order valence-corrected chi connectivity index (χ0v) is 13.7. The second kappa shape index (κ2) is 9.86. The normalized spacial score (nSPS) is 24.7. The second-order valence-electron chi connectivity index (χ2n) is 5.27. The fourth-order valence-electron chi connectivity index (χ4n) is 2.11. The first-order valence-corrected chi connectivity index (χ1v) is 8.10. The lowest BCUT2D eigenvalue weighted by Crippen LogP contribution is -2.49. The summed E-state index contributed by atoms with van der Waals surface area (Å²) >= 11 is 1.72. The van der Waals surface area contributed by atoms with Crippen LogP contribution in [-0.2, 0) is 9.53 Å². The van der Waals surface area contributed by atoms with Crippen molar-refractivity contribution in [2.45, 2.75) is 51.3 Å². The lowest BCUT2D eigenvalue weighted by atomic mass is 9.95. The van der Waals surface area contributed by atoms with Crippen LogP contribution in [0.25, 0.3) is 0 Å². The molecule has 3 unspecified atom stereocenters. The smallest absolute Gasteiger partial charge is 0.237 e. The van der Waals surface area contributed by atoms with Gasteiger partial charge in [0.2, 0.25) is 5.91 Å². The summed E-state index contributed by atoms with van der Waals surface area (Å²) in [6.07, 6.45) is 4.81. The van der Waals surface area contributed by atoms with Gasteiger partial charge in [-0.2, -0.15) is 11.8 Å². The first-order valence-electron chi connectivity index (χ1n) is 6.71. The number of nitrogens with two attached hydrogens (primary N) is 1. The summed E-state index contributed by atoms with van der Waals surface area (Å²) in [6, 6.07) is -0.156. The average molecular weight is 311 g/mol. The highest BCUT2D eigenvalue weighted by molar-refractivity contribution is 7.98. The zero-order valence-electron chi connectivity index (χ0n) is 12.1. The van der Waals surface area contributed by atoms with Gasteiger partial charge >= 0.3 is 0 Å². The first-order chi connectivity index (χ1) is 8.54. The van der Waals surface area contributed by atoms with Gasteiger partial charge in [-0.25, -0.2) is 0 Å². The van der Waals surface area contributed by atoms with Gasteiger partial charge in [0.1, 0.15) is 0 Å². The Hall–Kier alpha value is 0.0300. The Kier molecular flexibility index (Phi) is 9.87. The predicted octanol–water partition coefficient (Wildman–Crippen LogP) is 1.81. The van der Waals surface area contributed by atoms with Crippen molar-refractivity contribution in [3.8, 4) is 0 Å². The van der Waals surface area contributed by atoms with Crippen molar-refractivity contribution < 1.29 is 9.53 Å². The minimum atomic E-state index is -0.377. The molecule has 6 heteroatoms. The fourth-order valence-corrected chi connectivity index (χ4v) is 2.60. The summed E-state index contributed by atoms with van der Waals surface area (Å²) in [7, 11) is 0. The third-order valence-electron chi connectivity index (χ3n) is 3.37. The summed E-state index contributed by atoms with van der Waals surface area (Å²) in [4.78, 5) is 11.9. The quantitative estimate of drug-likeness (QED) is 0.785. The van der Waals surface area contributed by atoms with Gasteiger partial charge < -0.3 is 15.8 Å². The van der Waals surface area contributed by atoms with Gasteiger partial charge in [-0.3, -0.25) is 4.79 Å². The standard InChI is InChI=1S/C13H26N2O2S.ClH/c1-9(2)12-8-10(4-6-17-12)15-13(16)11(14)5-7-18-3;/h9-12H,4-8,14H2,1-3H3,(H,15,16);1H. The molecule has 0 spiro atoms. The maximum Gasteiger partial charge on any atom is 0.237 e. The summed E-state index contributed by atoms with van der Waals surface area (Å²) in [5.41, 5.74) is 5.86. The molecule has 3 atom stereocenters. The van der Waals surface area contributed by atoms with Crippen LogP contribution >= 0.6 is 24.2 Å². The molecule has 0 aliphatic carbocycles. The minimum absolute atomic E-state index is 0. The number of hydrogen-bond acceptors (Lipinski definition) is 4. The number of amides is 1. The number of carbonyl (C=O) groups excluding carboxylic acids is 1. The number of ether oxygens (including phenoxy) is 1. The van der Waals surface area contributed by atoms with Crippen LogP contribution in [0.2, 0.25) is 0 Å². The van der Waals surface area contributed by atoms with Gasteiger partial charge in [-0.15, -0.1) is 12.4 Å². The van der Waals surface area contributed by atoms with Crippen LogP contribution in [0.15, 0.2) is 0 Å². The van der Waals surface area contributed by atoms with Gasteiger partial charge in [-0.1, -0.05) is 13.8 Å². The Bertz CT molecular complexity index is 267. The topological polar surface area (TPSA) is 64.4 Å². The summed E-state index contributed by atoms with van der Waals surface area (Å²) in [5, 5.41) is 3.06. The molecule has 3 N–H and O–H groups in total. The van der Waals surface area contributed by atoms with Crippen molar-refractivity contribution in [3.05, 3.63) is 0 Å². The van der Waals surface area contributed by atoms with Gasteiger partial charge in [0, 0.05) is 12.6 Å². The van der Waals surface area contributed by atoms with Crippen molar-refractivity contribution >= 4 is 30.1 Å².